The van der Waals surface area contributed by atoms with E-state index in [4.69, 9.17) is 9.93 Å². The van der Waals surface area contributed by atoms with Gasteiger partial charge >= 0.3 is 0 Å². The lowest BCUT2D eigenvalue weighted by Gasteiger charge is -2.37. The molecule has 0 saturated carbocycles. The second-order valence-electron chi connectivity index (χ2n) is 8.09. The van der Waals surface area contributed by atoms with Gasteiger partial charge in [-0.15, -0.1) is 0 Å². The smallest absolute Gasteiger partial charge is 0.167 e. The van der Waals surface area contributed by atoms with Crippen molar-refractivity contribution < 1.29 is 4.52 Å². The number of aromatic nitrogens is 1. The molecule has 0 unspecified atom stereocenters. The van der Waals surface area contributed by atoms with E-state index < -0.39 is 0 Å². The van der Waals surface area contributed by atoms with E-state index in [1.54, 1.807) is 0 Å². The molecule has 2 saturated heterocycles. The van der Waals surface area contributed by atoms with Gasteiger partial charge in [-0.25, -0.2) is 0 Å². The van der Waals surface area contributed by atoms with E-state index in [0.29, 0.717) is 11.6 Å². The SMILES string of the molecule is C=C1/C(=C(\C)NC)C(=N)CCN1CCN1CCC(c2noc3ccccc23)CC1. The molecular formula is C23H31N5O. The predicted molar refractivity (Wildman–Crippen MR) is 117 cm³/mol. The van der Waals surface area contributed by atoms with Gasteiger partial charge in [0.1, 0.15) is 0 Å². The maximum atomic E-state index is 8.27. The van der Waals surface area contributed by atoms with Crippen molar-refractivity contribution in [3.8, 4) is 0 Å². The Balaban J connectivity index is 1.32. The molecule has 0 spiro atoms. The van der Waals surface area contributed by atoms with Crippen LogP contribution < -0.4 is 5.32 Å². The number of piperidine rings is 2. The van der Waals surface area contributed by atoms with Crippen molar-refractivity contribution in [2.24, 2.45) is 0 Å². The number of hydrogen-bond donors (Lipinski definition) is 2. The molecule has 6 nitrogen and oxygen atoms in total. The van der Waals surface area contributed by atoms with E-state index in [0.717, 1.165) is 85.6 Å². The first kappa shape index (κ1) is 19.7. The average Bonchev–Trinajstić information content (AvgIpc) is 3.17. The Morgan fingerprint density at radius 2 is 2.00 bits per heavy atom. The lowest BCUT2D eigenvalue weighted by Crippen LogP contribution is -2.42. The minimum absolute atomic E-state index is 0.480. The maximum Gasteiger partial charge on any atom is 0.167 e. The predicted octanol–water partition coefficient (Wildman–Crippen LogP) is 3.74. The fraction of sp³-hybridized carbons (Fsp3) is 0.478. The topological polar surface area (TPSA) is 68.4 Å². The first-order chi connectivity index (χ1) is 14.1. The highest BCUT2D eigenvalue weighted by atomic mass is 16.5. The number of nitrogens with one attached hydrogen (secondary N) is 2. The molecule has 0 atom stereocenters. The van der Waals surface area contributed by atoms with Crippen LogP contribution in [-0.2, 0) is 0 Å². The summed E-state index contributed by atoms with van der Waals surface area (Å²) in [6.07, 6.45) is 3.02. The van der Waals surface area contributed by atoms with Crippen LogP contribution >= 0.6 is 0 Å². The molecule has 0 radical (unpaired) electrons. The van der Waals surface area contributed by atoms with Gasteiger partial charge in [0.2, 0.25) is 0 Å². The van der Waals surface area contributed by atoms with Gasteiger partial charge in [-0.2, -0.15) is 0 Å². The second kappa shape index (κ2) is 8.41. The van der Waals surface area contributed by atoms with Gasteiger partial charge in [0.15, 0.2) is 5.58 Å². The molecule has 2 aromatic rings. The highest BCUT2D eigenvalue weighted by Gasteiger charge is 2.27. The number of rotatable bonds is 5. The van der Waals surface area contributed by atoms with Gasteiger partial charge in [-0.05, 0) is 45.0 Å². The third-order valence-electron chi connectivity index (χ3n) is 6.42. The summed E-state index contributed by atoms with van der Waals surface area (Å²) >= 11 is 0. The molecule has 2 aliphatic heterocycles. The number of hydrogen-bond acceptors (Lipinski definition) is 6. The number of fused-ring (bicyclic) bond motifs is 1. The Morgan fingerprint density at radius 3 is 2.76 bits per heavy atom. The van der Waals surface area contributed by atoms with Crippen LogP contribution in [0.4, 0.5) is 0 Å². The zero-order chi connectivity index (χ0) is 20.4. The van der Waals surface area contributed by atoms with Gasteiger partial charge in [0.05, 0.1) is 5.69 Å². The number of para-hydroxylation sites is 1. The first-order valence-corrected chi connectivity index (χ1v) is 10.6. The Kier molecular flexibility index (Phi) is 5.72. The second-order valence-corrected chi connectivity index (χ2v) is 8.09. The van der Waals surface area contributed by atoms with Crippen molar-refractivity contribution in [3.05, 3.63) is 53.5 Å². The summed E-state index contributed by atoms with van der Waals surface area (Å²) < 4.78 is 5.51. The highest BCUT2D eigenvalue weighted by Crippen LogP contribution is 2.32. The number of likely N-dealkylation sites (tertiary alicyclic amines) is 2. The Morgan fingerprint density at radius 1 is 1.24 bits per heavy atom. The van der Waals surface area contributed by atoms with Crippen LogP contribution in [0.1, 0.15) is 37.8 Å². The zero-order valence-electron chi connectivity index (χ0n) is 17.5. The lowest BCUT2D eigenvalue weighted by atomic mass is 9.91. The van der Waals surface area contributed by atoms with Crippen molar-refractivity contribution in [3.63, 3.8) is 0 Å². The van der Waals surface area contributed by atoms with E-state index in [1.807, 2.05) is 26.1 Å². The number of benzene rings is 1. The summed E-state index contributed by atoms with van der Waals surface area (Å²) in [4.78, 5) is 4.88. The zero-order valence-corrected chi connectivity index (χ0v) is 17.5. The van der Waals surface area contributed by atoms with Crippen molar-refractivity contribution in [1.29, 1.82) is 5.41 Å². The van der Waals surface area contributed by atoms with E-state index in [9.17, 15) is 0 Å². The molecule has 29 heavy (non-hydrogen) atoms. The van der Waals surface area contributed by atoms with E-state index >= 15 is 0 Å². The summed E-state index contributed by atoms with van der Waals surface area (Å²) in [5, 5.41) is 17.0. The number of allylic oxidation sites excluding steroid dienone is 2. The molecule has 6 heteroatoms. The Hall–Kier alpha value is -2.60. The molecule has 1 aromatic heterocycles. The quantitative estimate of drug-likeness (QED) is 0.810. The highest BCUT2D eigenvalue weighted by molar-refractivity contribution is 6.03. The summed E-state index contributed by atoms with van der Waals surface area (Å²) in [6.45, 7) is 11.4. The van der Waals surface area contributed by atoms with Crippen molar-refractivity contribution >= 4 is 16.7 Å². The fourth-order valence-corrected chi connectivity index (χ4v) is 4.55. The first-order valence-electron chi connectivity index (χ1n) is 10.6. The largest absolute Gasteiger partial charge is 0.391 e. The molecule has 0 bridgehead atoms. The Bertz CT molecular complexity index is 936. The monoisotopic (exact) mass is 393 g/mol. The van der Waals surface area contributed by atoms with E-state index in [1.165, 1.54) is 0 Å². The average molecular weight is 394 g/mol. The van der Waals surface area contributed by atoms with Gasteiger partial charge in [0, 0.05) is 67.1 Å². The lowest BCUT2D eigenvalue weighted by molar-refractivity contribution is 0.186. The molecule has 1 aromatic carbocycles. The minimum atomic E-state index is 0.480. The molecule has 2 fully saturated rings. The van der Waals surface area contributed by atoms with Gasteiger partial charge < -0.3 is 25.0 Å². The normalized spacial score (nSPS) is 21.1. The van der Waals surface area contributed by atoms with Crippen LogP contribution in [-0.4, -0.2) is 60.4 Å². The molecule has 0 amide bonds. The standard InChI is InChI=1S/C23H31N5O/c1-16(25-3)22-17(2)28(13-10-20(22)24)15-14-27-11-8-18(9-12-27)23-19-6-4-5-7-21(19)29-26-23/h4-7,18,24-25H,2,8-15H2,1,3H3/b22-16-,24-20?. The molecule has 2 N–H and O–H groups in total. The molecule has 4 rings (SSSR count). The third kappa shape index (κ3) is 3.94. The Labute approximate surface area is 172 Å². The van der Waals surface area contributed by atoms with Crippen LogP contribution in [0.5, 0.6) is 0 Å². The van der Waals surface area contributed by atoms with Crippen LogP contribution in [0.2, 0.25) is 0 Å². The third-order valence-corrected chi connectivity index (χ3v) is 6.42. The minimum Gasteiger partial charge on any atom is -0.391 e. The summed E-state index contributed by atoms with van der Waals surface area (Å²) in [5.41, 5.74) is 5.71. The summed E-state index contributed by atoms with van der Waals surface area (Å²) in [7, 11) is 1.91. The van der Waals surface area contributed by atoms with Crippen LogP contribution in [0.15, 0.2) is 52.3 Å². The summed E-state index contributed by atoms with van der Waals surface area (Å²) in [5.74, 6) is 0.480. The van der Waals surface area contributed by atoms with Gasteiger partial charge in [-0.1, -0.05) is 23.9 Å². The maximum absolute atomic E-state index is 8.27. The molecule has 3 heterocycles. The van der Waals surface area contributed by atoms with Crippen molar-refractivity contribution in [1.82, 2.24) is 20.3 Å². The number of nitrogens with zero attached hydrogens (tertiary/aromatic N) is 3. The fourth-order valence-electron chi connectivity index (χ4n) is 4.55. The van der Waals surface area contributed by atoms with Crippen LogP contribution in [0.3, 0.4) is 0 Å². The van der Waals surface area contributed by atoms with Gasteiger partial charge in [-0.3, -0.25) is 0 Å². The van der Waals surface area contributed by atoms with Gasteiger partial charge in [0.25, 0.3) is 0 Å². The molecular weight excluding hydrogens is 362 g/mol. The molecule has 154 valence electrons. The van der Waals surface area contributed by atoms with Crippen molar-refractivity contribution in [2.75, 3.05) is 39.8 Å². The van der Waals surface area contributed by atoms with Crippen LogP contribution in [0, 0.1) is 5.41 Å². The van der Waals surface area contributed by atoms with Crippen LogP contribution in [0.25, 0.3) is 11.0 Å². The van der Waals surface area contributed by atoms with Crippen molar-refractivity contribution in [2.45, 2.75) is 32.1 Å². The van der Waals surface area contributed by atoms with E-state index in [2.05, 4.69) is 39.0 Å². The molecule has 0 aliphatic carbocycles. The molecule has 2 aliphatic rings. The summed E-state index contributed by atoms with van der Waals surface area (Å²) in [6, 6.07) is 8.16. The van der Waals surface area contributed by atoms with E-state index in [-0.39, 0.29) is 0 Å².